The highest BCUT2D eigenvalue weighted by molar-refractivity contribution is 5.18. The van der Waals surface area contributed by atoms with E-state index in [1.54, 1.807) is 12.1 Å². The summed E-state index contributed by atoms with van der Waals surface area (Å²) in [7, 11) is 0. The highest BCUT2D eigenvalue weighted by atomic mass is 19.1. The zero-order valence-electron chi connectivity index (χ0n) is 12.0. The molecule has 1 unspecified atom stereocenters. The fourth-order valence-electron chi connectivity index (χ4n) is 2.35. The fraction of sp³-hybridized carbons (Fsp3) is 0.529. The number of nitrogens with one attached hydrogen (secondary N) is 1. The van der Waals surface area contributed by atoms with Gasteiger partial charge in [0.15, 0.2) is 0 Å². The van der Waals surface area contributed by atoms with Crippen LogP contribution in [0.4, 0.5) is 4.39 Å². The molecule has 1 aromatic carbocycles. The molecule has 1 nitrogen and oxygen atoms in total. The van der Waals surface area contributed by atoms with Gasteiger partial charge in [0.05, 0.1) is 0 Å². The van der Waals surface area contributed by atoms with Gasteiger partial charge >= 0.3 is 0 Å². The maximum atomic E-state index is 13.6. The van der Waals surface area contributed by atoms with Crippen LogP contribution in [0.3, 0.4) is 0 Å². The van der Waals surface area contributed by atoms with Crippen molar-refractivity contribution < 1.29 is 4.39 Å². The van der Waals surface area contributed by atoms with Gasteiger partial charge in [-0.15, -0.1) is 6.58 Å². The summed E-state index contributed by atoms with van der Waals surface area (Å²) in [5.74, 6) is -0.0861. The van der Waals surface area contributed by atoms with E-state index in [4.69, 9.17) is 0 Å². The van der Waals surface area contributed by atoms with Crippen LogP contribution in [0.1, 0.15) is 44.6 Å². The van der Waals surface area contributed by atoms with Crippen LogP contribution in [0.5, 0.6) is 0 Å². The van der Waals surface area contributed by atoms with Gasteiger partial charge in [0.25, 0.3) is 0 Å². The molecule has 0 radical (unpaired) electrons. The van der Waals surface area contributed by atoms with Crippen molar-refractivity contribution in [3.63, 3.8) is 0 Å². The lowest BCUT2D eigenvalue weighted by molar-refractivity contribution is 0.457. The van der Waals surface area contributed by atoms with E-state index in [1.165, 1.54) is 19.3 Å². The summed E-state index contributed by atoms with van der Waals surface area (Å²) in [6, 6.07) is 7.47. The first kappa shape index (κ1) is 15.9. The summed E-state index contributed by atoms with van der Waals surface area (Å²) < 4.78 is 13.6. The summed E-state index contributed by atoms with van der Waals surface area (Å²) in [5, 5.41) is 3.46. The number of hydrogen-bond acceptors (Lipinski definition) is 1. The molecule has 1 rings (SSSR count). The van der Waals surface area contributed by atoms with Crippen molar-refractivity contribution >= 4 is 0 Å². The van der Waals surface area contributed by atoms with Gasteiger partial charge in [-0.3, -0.25) is 0 Å². The van der Waals surface area contributed by atoms with Crippen molar-refractivity contribution in [2.45, 2.75) is 51.5 Å². The Morgan fingerprint density at radius 3 is 2.74 bits per heavy atom. The van der Waals surface area contributed by atoms with Gasteiger partial charge in [-0.2, -0.15) is 0 Å². The molecule has 0 heterocycles. The molecule has 106 valence electrons. The molecule has 0 aromatic heterocycles. The standard InChI is InChI=1S/C17H26FN/c1-3-5-6-7-8-12-16(19-4-2)14-15-11-9-10-13-17(15)18/h3,9-11,13,16,19H,1,4-8,12,14H2,2H3. The third-order valence-corrected chi connectivity index (χ3v) is 3.38. The Labute approximate surface area is 116 Å². The molecule has 0 aliphatic rings. The first-order valence-electron chi connectivity index (χ1n) is 7.35. The van der Waals surface area contributed by atoms with Crippen molar-refractivity contribution in [3.05, 3.63) is 48.3 Å². The van der Waals surface area contributed by atoms with E-state index in [-0.39, 0.29) is 5.82 Å². The van der Waals surface area contributed by atoms with Gasteiger partial charge in [-0.05, 0) is 43.9 Å². The molecule has 19 heavy (non-hydrogen) atoms. The number of halogens is 1. The first-order valence-corrected chi connectivity index (χ1v) is 7.35. The van der Waals surface area contributed by atoms with E-state index >= 15 is 0 Å². The van der Waals surface area contributed by atoms with Crippen LogP contribution >= 0.6 is 0 Å². The summed E-state index contributed by atoms with van der Waals surface area (Å²) in [5.41, 5.74) is 0.819. The molecule has 0 aliphatic heterocycles. The Hall–Kier alpha value is -1.15. The molecule has 0 spiro atoms. The Kier molecular flexibility index (Phi) is 8.15. The minimum atomic E-state index is -0.0861. The molecule has 0 amide bonds. The van der Waals surface area contributed by atoms with E-state index in [1.807, 2.05) is 18.2 Å². The maximum absolute atomic E-state index is 13.6. The average Bonchev–Trinajstić information content (AvgIpc) is 2.41. The largest absolute Gasteiger partial charge is 0.314 e. The summed E-state index contributed by atoms with van der Waals surface area (Å²) >= 11 is 0. The lowest BCUT2D eigenvalue weighted by atomic mass is 9.99. The zero-order valence-corrected chi connectivity index (χ0v) is 12.0. The first-order chi connectivity index (χ1) is 9.27. The minimum absolute atomic E-state index is 0.0861. The van der Waals surface area contributed by atoms with Crippen LogP contribution in [0, 0.1) is 5.82 Å². The normalized spacial score (nSPS) is 12.3. The molecule has 0 saturated heterocycles. The Bertz CT molecular complexity index is 362. The van der Waals surface area contributed by atoms with Crippen LogP contribution < -0.4 is 5.32 Å². The predicted octanol–water partition coefficient (Wildman–Crippen LogP) is 4.48. The molecule has 0 bridgehead atoms. The summed E-state index contributed by atoms with van der Waals surface area (Å²) in [6.45, 7) is 6.77. The lowest BCUT2D eigenvalue weighted by Crippen LogP contribution is -2.31. The molecule has 2 heteroatoms. The van der Waals surface area contributed by atoms with Crippen LogP contribution in [0.15, 0.2) is 36.9 Å². The predicted molar refractivity (Wildman–Crippen MR) is 80.9 cm³/mol. The monoisotopic (exact) mass is 263 g/mol. The second kappa shape index (κ2) is 9.74. The molecular formula is C17H26FN. The van der Waals surface area contributed by atoms with E-state index < -0.39 is 0 Å². The van der Waals surface area contributed by atoms with Crippen LogP contribution in [0.25, 0.3) is 0 Å². The molecular weight excluding hydrogens is 237 g/mol. The second-order valence-electron chi connectivity index (χ2n) is 4.98. The van der Waals surface area contributed by atoms with Crippen molar-refractivity contribution in [3.8, 4) is 0 Å². The van der Waals surface area contributed by atoms with E-state index in [0.717, 1.165) is 31.4 Å². The van der Waals surface area contributed by atoms with E-state index in [9.17, 15) is 4.39 Å². The number of benzene rings is 1. The van der Waals surface area contributed by atoms with Gasteiger partial charge < -0.3 is 5.32 Å². The van der Waals surface area contributed by atoms with Crippen molar-refractivity contribution in [1.29, 1.82) is 0 Å². The molecule has 0 saturated carbocycles. The van der Waals surface area contributed by atoms with Crippen LogP contribution in [0.2, 0.25) is 0 Å². The fourth-order valence-corrected chi connectivity index (χ4v) is 2.35. The van der Waals surface area contributed by atoms with Gasteiger partial charge in [-0.1, -0.05) is 44.0 Å². The van der Waals surface area contributed by atoms with Crippen molar-refractivity contribution in [1.82, 2.24) is 5.32 Å². The second-order valence-corrected chi connectivity index (χ2v) is 4.98. The summed E-state index contributed by atoms with van der Waals surface area (Å²) in [6.07, 6.45) is 8.59. The van der Waals surface area contributed by atoms with E-state index in [2.05, 4.69) is 18.8 Å². The smallest absolute Gasteiger partial charge is 0.126 e. The van der Waals surface area contributed by atoms with E-state index in [0.29, 0.717) is 6.04 Å². The molecule has 0 fully saturated rings. The van der Waals surface area contributed by atoms with Gasteiger partial charge in [-0.25, -0.2) is 4.39 Å². The summed E-state index contributed by atoms with van der Waals surface area (Å²) in [4.78, 5) is 0. The third-order valence-electron chi connectivity index (χ3n) is 3.38. The van der Waals surface area contributed by atoms with Crippen molar-refractivity contribution in [2.75, 3.05) is 6.54 Å². The molecule has 1 N–H and O–H groups in total. The number of unbranched alkanes of at least 4 members (excludes halogenated alkanes) is 3. The van der Waals surface area contributed by atoms with Crippen LogP contribution in [-0.4, -0.2) is 12.6 Å². The SMILES string of the molecule is C=CCCCCCC(Cc1ccccc1F)NCC. The van der Waals surface area contributed by atoms with Gasteiger partial charge in [0, 0.05) is 6.04 Å². The lowest BCUT2D eigenvalue weighted by Gasteiger charge is -2.18. The molecule has 0 aliphatic carbocycles. The Balaban J connectivity index is 2.39. The number of hydrogen-bond donors (Lipinski definition) is 1. The third kappa shape index (κ3) is 6.53. The highest BCUT2D eigenvalue weighted by Gasteiger charge is 2.10. The topological polar surface area (TPSA) is 12.0 Å². The van der Waals surface area contributed by atoms with Gasteiger partial charge in [0.1, 0.15) is 5.82 Å². The van der Waals surface area contributed by atoms with Crippen molar-refractivity contribution in [2.24, 2.45) is 0 Å². The minimum Gasteiger partial charge on any atom is -0.314 e. The maximum Gasteiger partial charge on any atom is 0.126 e. The number of rotatable bonds is 10. The Morgan fingerprint density at radius 1 is 1.26 bits per heavy atom. The van der Waals surface area contributed by atoms with Crippen LogP contribution in [-0.2, 0) is 6.42 Å². The highest BCUT2D eigenvalue weighted by Crippen LogP contribution is 2.13. The number of allylic oxidation sites excluding steroid dienone is 1. The molecule has 1 atom stereocenters. The quantitative estimate of drug-likeness (QED) is 0.484. The Morgan fingerprint density at radius 2 is 2.05 bits per heavy atom. The zero-order chi connectivity index (χ0) is 13.9. The average molecular weight is 263 g/mol. The van der Waals surface area contributed by atoms with Gasteiger partial charge in [0.2, 0.25) is 0 Å². The molecule has 1 aromatic rings. The number of likely N-dealkylation sites (N-methyl/N-ethyl adjacent to an activating group) is 1.